The topological polar surface area (TPSA) is 87.3 Å². The molecule has 7 heteroatoms. The highest BCUT2D eigenvalue weighted by molar-refractivity contribution is 7.81. The number of carbonyl (C=O) groups excluding carboxylic acids is 3. The van der Waals surface area contributed by atoms with Gasteiger partial charge in [0.05, 0.1) is 5.25 Å². The number of carbonyl (C=O) groups is 3. The maximum atomic E-state index is 13.2. The number of likely N-dealkylation sites (N-methyl/N-ethyl adjacent to an activating group) is 1. The highest BCUT2D eigenvalue weighted by Crippen LogP contribution is 2.12. The first-order valence-corrected chi connectivity index (χ1v) is 11.4. The summed E-state index contributed by atoms with van der Waals surface area (Å²) in [5.74, 6) is -0.948. The standard InChI is InChI=1S/C25H33N3O3S/c1-17(2)22(32)25(31)27-20(15-14-18-10-6-4-7-11-18)24(30)28-21(23(29)26-3)16-19-12-8-5-9-13-19/h4-13,17,20-22,32H,14-16H2,1-3H3,(H,26,29)(H,27,31)(H,28,30)/t20-,21-,22-/m0/s1. The molecule has 0 aliphatic rings. The lowest BCUT2D eigenvalue weighted by Gasteiger charge is -2.24. The minimum atomic E-state index is -0.779. The van der Waals surface area contributed by atoms with Crippen LogP contribution in [0.1, 0.15) is 31.4 Å². The lowest BCUT2D eigenvalue weighted by atomic mass is 10.0. The molecule has 3 amide bonds. The van der Waals surface area contributed by atoms with Gasteiger partial charge in [-0.25, -0.2) is 0 Å². The molecule has 0 heterocycles. The van der Waals surface area contributed by atoms with Gasteiger partial charge in [-0.2, -0.15) is 12.6 Å². The molecule has 0 spiro atoms. The molecule has 0 aliphatic heterocycles. The minimum absolute atomic E-state index is 0.0212. The van der Waals surface area contributed by atoms with Crippen LogP contribution in [0.3, 0.4) is 0 Å². The number of amides is 3. The van der Waals surface area contributed by atoms with Crippen LogP contribution in [-0.4, -0.2) is 42.1 Å². The van der Waals surface area contributed by atoms with Crippen molar-refractivity contribution in [2.24, 2.45) is 5.92 Å². The van der Waals surface area contributed by atoms with E-state index in [9.17, 15) is 14.4 Å². The van der Waals surface area contributed by atoms with Crippen LogP contribution in [0.15, 0.2) is 60.7 Å². The van der Waals surface area contributed by atoms with Crippen molar-refractivity contribution in [3.8, 4) is 0 Å². The first-order chi connectivity index (χ1) is 15.3. The highest BCUT2D eigenvalue weighted by atomic mass is 32.1. The van der Waals surface area contributed by atoms with E-state index < -0.39 is 17.3 Å². The molecular formula is C25H33N3O3S. The summed E-state index contributed by atoms with van der Waals surface area (Å²) in [7, 11) is 1.54. The van der Waals surface area contributed by atoms with Crippen LogP contribution in [0.25, 0.3) is 0 Å². The lowest BCUT2D eigenvalue weighted by molar-refractivity contribution is -0.132. The van der Waals surface area contributed by atoms with Gasteiger partial charge in [0.15, 0.2) is 0 Å². The second-order valence-corrected chi connectivity index (χ2v) is 8.70. The van der Waals surface area contributed by atoms with Gasteiger partial charge >= 0.3 is 0 Å². The summed E-state index contributed by atoms with van der Waals surface area (Å²) in [6, 6.07) is 17.7. The van der Waals surface area contributed by atoms with Gasteiger partial charge in [-0.05, 0) is 29.9 Å². The normalized spacial score (nSPS) is 13.7. The summed E-state index contributed by atoms with van der Waals surface area (Å²) in [4.78, 5) is 38.3. The Morgan fingerprint density at radius 3 is 1.84 bits per heavy atom. The van der Waals surface area contributed by atoms with Crippen LogP contribution in [0.4, 0.5) is 0 Å². The highest BCUT2D eigenvalue weighted by Gasteiger charge is 2.28. The number of thiol groups is 1. The molecule has 3 N–H and O–H groups in total. The monoisotopic (exact) mass is 455 g/mol. The van der Waals surface area contributed by atoms with E-state index in [0.29, 0.717) is 19.3 Å². The minimum Gasteiger partial charge on any atom is -0.357 e. The van der Waals surface area contributed by atoms with Crippen molar-refractivity contribution in [2.75, 3.05) is 7.05 Å². The quantitative estimate of drug-likeness (QED) is 0.393. The van der Waals surface area contributed by atoms with Gasteiger partial charge in [-0.3, -0.25) is 14.4 Å². The van der Waals surface area contributed by atoms with Gasteiger partial charge in [0, 0.05) is 13.5 Å². The van der Waals surface area contributed by atoms with Gasteiger partial charge < -0.3 is 16.0 Å². The third-order valence-electron chi connectivity index (χ3n) is 5.26. The zero-order valence-corrected chi connectivity index (χ0v) is 19.8. The molecule has 0 saturated carbocycles. The van der Waals surface area contributed by atoms with E-state index in [0.717, 1.165) is 11.1 Å². The lowest BCUT2D eigenvalue weighted by Crippen LogP contribution is -2.55. The molecule has 0 bridgehead atoms. The number of rotatable bonds is 11. The fourth-order valence-electron chi connectivity index (χ4n) is 3.29. The van der Waals surface area contributed by atoms with Gasteiger partial charge in [0.2, 0.25) is 17.7 Å². The smallest absolute Gasteiger partial charge is 0.243 e. The fraction of sp³-hybridized carbons (Fsp3) is 0.400. The Morgan fingerprint density at radius 1 is 0.781 bits per heavy atom. The zero-order valence-electron chi connectivity index (χ0n) is 18.9. The van der Waals surface area contributed by atoms with E-state index in [-0.39, 0.29) is 23.6 Å². The molecule has 0 aliphatic carbocycles. The SMILES string of the molecule is CNC(=O)[C@H](Cc1ccccc1)NC(=O)[C@H](CCc1ccccc1)NC(=O)[C@@H](S)C(C)C. The molecule has 0 saturated heterocycles. The molecule has 6 nitrogen and oxygen atoms in total. The van der Waals surface area contributed by atoms with Crippen LogP contribution in [0, 0.1) is 5.92 Å². The molecule has 2 aromatic rings. The van der Waals surface area contributed by atoms with Crippen molar-refractivity contribution in [2.45, 2.75) is 50.4 Å². The maximum Gasteiger partial charge on any atom is 0.243 e. The maximum absolute atomic E-state index is 13.2. The van der Waals surface area contributed by atoms with E-state index in [1.807, 2.05) is 74.5 Å². The van der Waals surface area contributed by atoms with Gasteiger partial charge in [-0.15, -0.1) is 0 Å². The van der Waals surface area contributed by atoms with Crippen molar-refractivity contribution < 1.29 is 14.4 Å². The number of hydrogen-bond acceptors (Lipinski definition) is 4. The molecule has 0 aromatic heterocycles. The predicted molar refractivity (Wildman–Crippen MR) is 130 cm³/mol. The second-order valence-electron chi connectivity index (χ2n) is 8.14. The van der Waals surface area contributed by atoms with Crippen LogP contribution in [-0.2, 0) is 27.2 Å². The molecule has 0 unspecified atom stereocenters. The molecule has 0 fully saturated rings. The van der Waals surface area contributed by atoms with E-state index in [2.05, 4.69) is 28.6 Å². The summed E-state index contributed by atoms with van der Waals surface area (Å²) in [5, 5.41) is 7.75. The van der Waals surface area contributed by atoms with E-state index in [4.69, 9.17) is 0 Å². The predicted octanol–water partition coefficient (Wildman–Crippen LogP) is 2.53. The molecule has 32 heavy (non-hydrogen) atoms. The Morgan fingerprint density at radius 2 is 1.31 bits per heavy atom. The molecular weight excluding hydrogens is 422 g/mol. The van der Waals surface area contributed by atoms with Crippen molar-refractivity contribution in [1.29, 1.82) is 0 Å². The number of benzene rings is 2. The van der Waals surface area contributed by atoms with E-state index >= 15 is 0 Å². The van der Waals surface area contributed by atoms with Crippen molar-refractivity contribution in [3.05, 3.63) is 71.8 Å². The van der Waals surface area contributed by atoms with Crippen LogP contribution in [0.5, 0.6) is 0 Å². The molecule has 0 radical (unpaired) electrons. The van der Waals surface area contributed by atoms with Crippen LogP contribution in [0.2, 0.25) is 0 Å². The molecule has 3 atom stereocenters. The molecule has 2 rings (SSSR count). The van der Waals surface area contributed by atoms with Crippen LogP contribution < -0.4 is 16.0 Å². The third-order valence-corrected chi connectivity index (χ3v) is 6.09. The number of hydrogen-bond donors (Lipinski definition) is 4. The zero-order chi connectivity index (χ0) is 23.5. The molecule has 2 aromatic carbocycles. The Kier molecular flexibility index (Phi) is 10.3. The van der Waals surface area contributed by atoms with Gasteiger partial charge in [-0.1, -0.05) is 74.5 Å². The summed E-state index contributed by atoms with van der Waals surface area (Å²) in [6.07, 6.45) is 1.38. The van der Waals surface area contributed by atoms with Gasteiger partial charge in [0.25, 0.3) is 0 Å². The molecule has 172 valence electrons. The van der Waals surface area contributed by atoms with Crippen molar-refractivity contribution in [3.63, 3.8) is 0 Å². The fourth-order valence-corrected chi connectivity index (χ4v) is 3.36. The van der Waals surface area contributed by atoms with Gasteiger partial charge in [0.1, 0.15) is 12.1 Å². The number of aryl methyl sites for hydroxylation is 1. The van der Waals surface area contributed by atoms with Crippen molar-refractivity contribution in [1.82, 2.24) is 16.0 Å². The number of nitrogens with one attached hydrogen (secondary N) is 3. The average Bonchev–Trinajstić information content (AvgIpc) is 2.81. The Hall–Kier alpha value is -2.80. The van der Waals surface area contributed by atoms with E-state index in [1.165, 1.54) is 7.05 Å². The summed E-state index contributed by atoms with van der Waals surface area (Å²) in [6.45, 7) is 3.80. The summed E-state index contributed by atoms with van der Waals surface area (Å²) < 4.78 is 0. The first-order valence-electron chi connectivity index (χ1n) is 10.9. The third kappa shape index (κ3) is 8.04. The van der Waals surface area contributed by atoms with Crippen molar-refractivity contribution >= 4 is 30.4 Å². The Bertz CT molecular complexity index is 875. The Balaban J connectivity index is 2.15. The summed E-state index contributed by atoms with van der Waals surface area (Å²) in [5.41, 5.74) is 2.00. The summed E-state index contributed by atoms with van der Waals surface area (Å²) >= 11 is 4.38. The second kappa shape index (κ2) is 12.9. The largest absolute Gasteiger partial charge is 0.357 e. The Labute approximate surface area is 196 Å². The first kappa shape index (κ1) is 25.5. The van der Waals surface area contributed by atoms with Crippen LogP contribution >= 0.6 is 12.6 Å². The van der Waals surface area contributed by atoms with E-state index in [1.54, 1.807) is 0 Å². The average molecular weight is 456 g/mol.